The lowest BCUT2D eigenvalue weighted by molar-refractivity contribution is 0.111. The largest absolute Gasteiger partial charge is 0.488 e. The lowest BCUT2D eigenvalue weighted by Gasteiger charge is -2.03. The van der Waals surface area contributed by atoms with Crippen LogP contribution >= 0.6 is 11.6 Å². The van der Waals surface area contributed by atoms with Gasteiger partial charge in [0, 0.05) is 12.4 Å². The molecular formula is C9H15ClN2O2. The van der Waals surface area contributed by atoms with Gasteiger partial charge >= 0.3 is 0 Å². The van der Waals surface area contributed by atoms with Crippen LogP contribution in [0.1, 0.15) is 6.92 Å². The van der Waals surface area contributed by atoms with Crippen molar-refractivity contribution in [3.63, 3.8) is 0 Å². The van der Waals surface area contributed by atoms with E-state index in [9.17, 15) is 0 Å². The van der Waals surface area contributed by atoms with Crippen molar-refractivity contribution >= 4 is 11.6 Å². The first kappa shape index (κ1) is 11.3. The van der Waals surface area contributed by atoms with E-state index < -0.39 is 0 Å². The van der Waals surface area contributed by atoms with Crippen molar-refractivity contribution in [1.82, 2.24) is 9.78 Å². The predicted octanol–water partition coefficient (Wildman–Crippen LogP) is 1.54. The molecule has 0 aliphatic rings. The van der Waals surface area contributed by atoms with Crippen molar-refractivity contribution in [1.29, 1.82) is 0 Å². The van der Waals surface area contributed by atoms with Crippen LogP contribution in [0.5, 0.6) is 5.75 Å². The van der Waals surface area contributed by atoms with Crippen LogP contribution in [-0.4, -0.2) is 35.5 Å². The van der Waals surface area contributed by atoms with Crippen LogP contribution in [0.4, 0.5) is 0 Å². The van der Waals surface area contributed by atoms with Crippen molar-refractivity contribution in [2.24, 2.45) is 0 Å². The maximum absolute atomic E-state index is 5.44. The van der Waals surface area contributed by atoms with E-state index in [4.69, 9.17) is 21.1 Å². The topological polar surface area (TPSA) is 36.3 Å². The molecule has 5 heteroatoms. The lowest BCUT2D eigenvalue weighted by Crippen LogP contribution is -2.07. The Bertz CT molecular complexity index is 253. The van der Waals surface area contributed by atoms with Crippen LogP contribution in [0, 0.1) is 0 Å². The fraction of sp³-hybridized carbons (Fsp3) is 0.667. The third kappa shape index (κ3) is 3.98. The normalized spacial score (nSPS) is 10.4. The summed E-state index contributed by atoms with van der Waals surface area (Å²) in [6, 6.07) is 0. The van der Waals surface area contributed by atoms with Gasteiger partial charge in [0.05, 0.1) is 25.6 Å². The number of halogens is 1. The van der Waals surface area contributed by atoms with E-state index >= 15 is 0 Å². The molecule has 1 rings (SSSR count). The second kappa shape index (κ2) is 6.68. The highest BCUT2D eigenvalue weighted by Gasteiger charge is 1.97. The minimum Gasteiger partial charge on any atom is -0.488 e. The highest BCUT2D eigenvalue weighted by atomic mass is 35.5. The van der Waals surface area contributed by atoms with Gasteiger partial charge in [0.2, 0.25) is 0 Å². The van der Waals surface area contributed by atoms with Crippen LogP contribution in [0.15, 0.2) is 12.4 Å². The molecular weight excluding hydrogens is 204 g/mol. The molecule has 4 nitrogen and oxygen atoms in total. The average molecular weight is 219 g/mol. The molecule has 0 aromatic carbocycles. The van der Waals surface area contributed by atoms with Crippen LogP contribution < -0.4 is 4.74 Å². The maximum Gasteiger partial charge on any atom is 0.157 e. The summed E-state index contributed by atoms with van der Waals surface area (Å²) in [5, 5.41) is 4.08. The molecule has 0 saturated heterocycles. The number of aryl methyl sites for hydroxylation is 1. The second-order valence-electron chi connectivity index (χ2n) is 2.68. The van der Waals surface area contributed by atoms with E-state index in [2.05, 4.69) is 5.10 Å². The quantitative estimate of drug-likeness (QED) is 0.515. The number of rotatable bonds is 7. The van der Waals surface area contributed by atoms with Crippen LogP contribution in [0.3, 0.4) is 0 Å². The molecule has 1 aromatic heterocycles. The van der Waals surface area contributed by atoms with Crippen molar-refractivity contribution in [2.75, 3.05) is 25.7 Å². The first-order valence-electron chi connectivity index (χ1n) is 4.65. The van der Waals surface area contributed by atoms with E-state index in [0.717, 1.165) is 12.3 Å². The summed E-state index contributed by atoms with van der Waals surface area (Å²) in [6.45, 7) is 4.54. The minimum absolute atomic E-state index is 0.522. The van der Waals surface area contributed by atoms with Gasteiger partial charge in [0.1, 0.15) is 6.61 Å². The second-order valence-corrected chi connectivity index (χ2v) is 3.06. The van der Waals surface area contributed by atoms with Gasteiger partial charge < -0.3 is 9.47 Å². The Morgan fingerprint density at radius 2 is 2.29 bits per heavy atom. The Labute approximate surface area is 88.8 Å². The first-order valence-corrected chi connectivity index (χ1v) is 5.19. The zero-order chi connectivity index (χ0) is 10.2. The van der Waals surface area contributed by atoms with Gasteiger partial charge in [-0.1, -0.05) is 0 Å². The Morgan fingerprint density at radius 1 is 1.43 bits per heavy atom. The van der Waals surface area contributed by atoms with Gasteiger partial charge in [-0.25, -0.2) is 0 Å². The van der Waals surface area contributed by atoms with Crippen LogP contribution in [0.25, 0.3) is 0 Å². The molecule has 0 aliphatic carbocycles. The highest BCUT2D eigenvalue weighted by molar-refractivity contribution is 6.17. The zero-order valence-corrected chi connectivity index (χ0v) is 9.04. The van der Waals surface area contributed by atoms with E-state index in [1.54, 1.807) is 6.20 Å². The van der Waals surface area contributed by atoms with E-state index in [0.29, 0.717) is 25.7 Å². The number of nitrogens with zero attached hydrogens (tertiary/aromatic N) is 2. The van der Waals surface area contributed by atoms with Crippen LogP contribution in [-0.2, 0) is 11.3 Å². The van der Waals surface area contributed by atoms with Gasteiger partial charge in [-0.2, -0.15) is 5.10 Å². The molecule has 0 unspecified atom stereocenters. The number of aromatic nitrogens is 2. The molecule has 0 N–H and O–H groups in total. The van der Waals surface area contributed by atoms with Crippen LogP contribution in [0.2, 0.25) is 0 Å². The first-order chi connectivity index (χ1) is 6.86. The van der Waals surface area contributed by atoms with E-state index in [1.807, 2.05) is 17.8 Å². The summed E-state index contributed by atoms with van der Waals surface area (Å²) >= 11 is 5.44. The van der Waals surface area contributed by atoms with Crippen molar-refractivity contribution in [3.05, 3.63) is 12.4 Å². The number of hydrogen-bond acceptors (Lipinski definition) is 3. The van der Waals surface area contributed by atoms with Crippen molar-refractivity contribution in [2.45, 2.75) is 13.5 Å². The lowest BCUT2D eigenvalue weighted by atomic mass is 10.6. The monoisotopic (exact) mass is 218 g/mol. The summed E-state index contributed by atoms with van der Waals surface area (Å²) in [4.78, 5) is 0. The summed E-state index contributed by atoms with van der Waals surface area (Å²) in [6.07, 6.45) is 3.56. The van der Waals surface area contributed by atoms with Gasteiger partial charge in [-0.15, -0.1) is 11.6 Å². The van der Waals surface area contributed by atoms with Crippen molar-refractivity contribution < 1.29 is 9.47 Å². The SMILES string of the molecule is CCn1cc(OCCOCCCl)cn1. The fourth-order valence-electron chi connectivity index (χ4n) is 0.967. The van der Waals surface area contributed by atoms with E-state index in [-0.39, 0.29) is 0 Å². The van der Waals surface area contributed by atoms with Gasteiger partial charge in [-0.3, -0.25) is 4.68 Å². The van der Waals surface area contributed by atoms with Gasteiger partial charge in [0.15, 0.2) is 5.75 Å². The summed E-state index contributed by atoms with van der Waals surface area (Å²) < 4.78 is 12.4. The Morgan fingerprint density at radius 3 is 2.93 bits per heavy atom. The molecule has 0 saturated carbocycles. The maximum atomic E-state index is 5.44. The molecule has 0 aliphatic heterocycles. The third-order valence-corrected chi connectivity index (χ3v) is 1.81. The molecule has 1 heterocycles. The number of ether oxygens (including phenoxy) is 2. The Balaban J connectivity index is 2.12. The van der Waals surface area contributed by atoms with Gasteiger partial charge in [-0.05, 0) is 6.92 Å². The van der Waals surface area contributed by atoms with E-state index in [1.165, 1.54) is 0 Å². The van der Waals surface area contributed by atoms with Gasteiger partial charge in [0.25, 0.3) is 0 Å². The molecule has 14 heavy (non-hydrogen) atoms. The molecule has 80 valence electrons. The number of alkyl halides is 1. The fourth-order valence-corrected chi connectivity index (χ4v) is 1.08. The molecule has 0 fully saturated rings. The number of hydrogen-bond donors (Lipinski definition) is 0. The standard InChI is InChI=1S/C9H15ClN2O2/c1-2-12-8-9(7-11-12)14-6-5-13-4-3-10/h7-8H,2-6H2,1H3. The molecule has 0 spiro atoms. The smallest absolute Gasteiger partial charge is 0.157 e. The summed E-state index contributed by atoms with van der Waals surface area (Å²) in [7, 11) is 0. The Kier molecular flexibility index (Phi) is 5.40. The summed E-state index contributed by atoms with van der Waals surface area (Å²) in [5.41, 5.74) is 0. The molecule has 1 aromatic rings. The Hall–Kier alpha value is -0.740. The molecule has 0 amide bonds. The molecule has 0 atom stereocenters. The molecule has 0 radical (unpaired) electrons. The third-order valence-electron chi connectivity index (χ3n) is 1.65. The summed E-state index contributed by atoms with van der Waals surface area (Å²) in [5.74, 6) is 1.30. The predicted molar refractivity (Wildman–Crippen MR) is 54.9 cm³/mol. The minimum atomic E-state index is 0.522. The molecule has 0 bridgehead atoms. The highest BCUT2D eigenvalue weighted by Crippen LogP contribution is 2.07. The van der Waals surface area contributed by atoms with Crippen molar-refractivity contribution in [3.8, 4) is 5.75 Å². The zero-order valence-electron chi connectivity index (χ0n) is 8.28. The average Bonchev–Trinajstić information content (AvgIpc) is 2.65.